The summed E-state index contributed by atoms with van der Waals surface area (Å²) in [5, 5.41) is 0. The molecule has 8 heteroatoms. The van der Waals surface area contributed by atoms with Crippen molar-refractivity contribution in [3.05, 3.63) is 59.0 Å². The second kappa shape index (κ2) is 8.63. The summed E-state index contributed by atoms with van der Waals surface area (Å²) in [7, 11) is 0. The van der Waals surface area contributed by atoms with Gasteiger partial charge in [0.1, 0.15) is 28.8 Å². The molecular weight excluding hydrogens is 385 g/mol. The SMILES string of the molecule is CC(C)OC(=O)c1cccnc1N1CCC(C(=O)c2c(F)cc(F)cc2F)CC1. The molecule has 0 bridgehead atoms. The van der Waals surface area contributed by atoms with Crippen LogP contribution in [0.1, 0.15) is 47.4 Å². The van der Waals surface area contributed by atoms with Crippen LogP contribution in [0.3, 0.4) is 0 Å². The first kappa shape index (κ1) is 20.8. The number of hydrogen-bond donors (Lipinski definition) is 0. The first-order valence-electron chi connectivity index (χ1n) is 9.37. The topological polar surface area (TPSA) is 59.5 Å². The molecule has 1 fully saturated rings. The number of carbonyl (C=O) groups excluding carboxylic acids is 2. The third-order valence-electron chi connectivity index (χ3n) is 4.77. The molecule has 0 spiro atoms. The van der Waals surface area contributed by atoms with Crippen LogP contribution in [0.5, 0.6) is 0 Å². The highest BCUT2D eigenvalue weighted by molar-refractivity contribution is 5.98. The highest BCUT2D eigenvalue weighted by atomic mass is 19.1. The fourth-order valence-electron chi connectivity index (χ4n) is 3.42. The third kappa shape index (κ3) is 4.58. The van der Waals surface area contributed by atoms with Gasteiger partial charge in [0.15, 0.2) is 5.78 Å². The number of benzene rings is 1. The molecule has 29 heavy (non-hydrogen) atoms. The summed E-state index contributed by atoms with van der Waals surface area (Å²) in [5.74, 6) is -4.78. The average Bonchev–Trinajstić information content (AvgIpc) is 2.66. The predicted octanol–water partition coefficient (Wildman–Crippen LogP) is 4.16. The minimum Gasteiger partial charge on any atom is -0.459 e. The van der Waals surface area contributed by atoms with Gasteiger partial charge in [-0.2, -0.15) is 0 Å². The zero-order chi connectivity index (χ0) is 21.1. The number of ether oxygens (including phenoxy) is 1. The van der Waals surface area contributed by atoms with Crippen molar-refractivity contribution < 1.29 is 27.5 Å². The molecule has 0 N–H and O–H groups in total. The summed E-state index contributed by atoms with van der Waals surface area (Å²) in [4.78, 5) is 31.0. The van der Waals surface area contributed by atoms with E-state index in [0.717, 1.165) is 0 Å². The smallest absolute Gasteiger partial charge is 0.342 e. The zero-order valence-electron chi connectivity index (χ0n) is 16.1. The highest BCUT2D eigenvalue weighted by Gasteiger charge is 2.31. The van der Waals surface area contributed by atoms with Crippen molar-refractivity contribution in [2.45, 2.75) is 32.8 Å². The van der Waals surface area contributed by atoms with Crippen LogP contribution in [0.25, 0.3) is 0 Å². The highest BCUT2D eigenvalue weighted by Crippen LogP contribution is 2.29. The Morgan fingerprint density at radius 1 is 1.14 bits per heavy atom. The van der Waals surface area contributed by atoms with E-state index in [-0.39, 0.29) is 6.10 Å². The molecule has 2 aromatic rings. The van der Waals surface area contributed by atoms with Crippen LogP contribution in [0.15, 0.2) is 30.5 Å². The lowest BCUT2D eigenvalue weighted by molar-refractivity contribution is 0.0377. The average molecular weight is 406 g/mol. The Hall–Kier alpha value is -2.90. The number of pyridine rings is 1. The number of nitrogens with zero attached hydrogens (tertiary/aromatic N) is 2. The molecule has 3 rings (SSSR count). The van der Waals surface area contributed by atoms with Crippen LogP contribution in [-0.4, -0.2) is 35.9 Å². The Morgan fingerprint density at radius 2 is 1.76 bits per heavy atom. The van der Waals surface area contributed by atoms with Gasteiger partial charge in [-0.1, -0.05) is 0 Å². The number of rotatable bonds is 5. The van der Waals surface area contributed by atoms with Crippen molar-refractivity contribution in [1.29, 1.82) is 0 Å². The molecule has 5 nitrogen and oxygen atoms in total. The van der Waals surface area contributed by atoms with Crippen molar-refractivity contribution in [2.75, 3.05) is 18.0 Å². The van der Waals surface area contributed by atoms with E-state index in [1.807, 2.05) is 4.90 Å². The van der Waals surface area contributed by atoms with Crippen LogP contribution >= 0.6 is 0 Å². The number of hydrogen-bond acceptors (Lipinski definition) is 5. The zero-order valence-corrected chi connectivity index (χ0v) is 16.1. The van der Waals surface area contributed by atoms with E-state index in [9.17, 15) is 22.8 Å². The first-order valence-corrected chi connectivity index (χ1v) is 9.37. The molecule has 1 aromatic heterocycles. The number of aromatic nitrogens is 1. The van der Waals surface area contributed by atoms with Crippen LogP contribution in [0.2, 0.25) is 0 Å². The Balaban J connectivity index is 1.74. The van der Waals surface area contributed by atoms with Gasteiger partial charge in [0.05, 0.1) is 11.7 Å². The van der Waals surface area contributed by atoms with Gasteiger partial charge < -0.3 is 9.64 Å². The maximum atomic E-state index is 13.9. The van der Waals surface area contributed by atoms with Gasteiger partial charge in [-0.05, 0) is 38.8 Å². The number of Topliss-reactive ketones (excluding diaryl/α,β-unsaturated/α-hetero) is 1. The largest absolute Gasteiger partial charge is 0.459 e. The second-order valence-corrected chi connectivity index (χ2v) is 7.20. The van der Waals surface area contributed by atoms with Gasteiger partial charge in [-0.3, -0.25) is 4.79 Å². The molecule has 0 radical (unpaired) electrons. The third-order valence-corrected chi connectivity index (χ3v) is 4.77. The Labute approximate surface area is 166 Å². The molecule has 0 amide bonds. The van der Waals surface area contributed by atoms with E-state index in [4.69, 9.17) is 4.74 Å². The van der Waals surface area contributed by atoms with Gasteiger partial charge >= 0.3 is 5.97 Å². The minimum absolute atomic E-state index is 0.278. The summed E-state index contributed by atoms with van der Waals surface area (Å²) in [6, 6.07) is 4.27. The molecule has 2 heterocycles. The van der Waals surface area contributed by atoms with E-state index >= 15 is 0 Å². The number of piperidine rings is 1. The molecule has 0 unspecified atom stereocenters. The lowest BCUT2D eigenvalue weighted by atomic mass is 9.88. The van der Waals surface area contributed by atoms with Crippen molar-refractivity contribution in [3.8, 4) is 0 Å². The lowest BCUT2D eigenvalue weighted by Gasteiger charge is -2.33. The molecular formula is C21H21F3N2O3. The lowest BCUT2D eigenvalue weighted by Crippen LogP contribution is -2.38. The number of carbonyl (C=O) groups is 2. The minimum atomic E-state index is -1.20. The first-order chi connectivity index (χ1) is 13.8. The van der Waals surface area contributed by atoms with Crippen LogP contribution in [0, 0.1) is 23.4 Å². The van der Waals surface area contributed by atoms with E-state index in [0.29, 0.717) is 49.4 Å². The fraction of sp³-hybridized carbons (Fsp3) is 0.381. The van der Waals surface area contributed by atoms with Gasteiger partial charge in [0.2, 0.25) is 0 Å². The molecule has 1 aliphatic rings. The maximum absolute atomic E-state index is 13.9. The number of esters is 1. The number of halogens is 3. The summed E-state index contributed by atoms with van der Waals surface area (Å²) in [5.41, 5.74) is -0.384. The van der Waals surface area contributed by atoms with Crippen molar-refractivity contribution in [3.63, 3.8) is 0 Å². The van der Waals surface area contributed by atoms with Crippen molar-refractivity contribution >= 4 is 17.6 Å². The Kier molecular flexibility index (Phi) is 6.20. The molecule has 0 saturated carbocycles. The number of ketones is 1. The summed E-state index contributed by atoms with van der Waals surface area (Å²) < 4.78 is 46.2. The second-order valence-electron chi connectivity index (χ2n) is 7.20. The summed E-state index contributed by atoms with van der Waals surface area (Å²) >= 11 is 0. The van der Waals surface area contributed by atoms with Gasteiger partial charge in [-0.15, -0.1) is 0 Å². The molecule has 154 valence electrons. The van der Waals surface area contributed by atoms with E-state index < -0.39 is 40.7 Å². The van der Waals surface area contributed by atoms with Gasteiger partial charge in [-0.25, -0.2) is 22.9 Å². The van der Waals surface area contributed by atoms with E-state index in [2.05, 4.69) is 4.98 Å². The van der Waals surface area contributed by atoms with Gasteiger partial charge in [0, 0.05) is 37.3 Å². The quantitative estimate of drug-likeness (QED) is 0.551. The fourth-order valence-corrected chi connectivity index (χ4v) is 3.42. The molecule has 1 aromatic carbocycles. The summed E-state index contributed by atoms with van der Waals surface area (Å²) in [6.07, 6.45) is 1.93. The van der Waals surface area contributed by atoms with Crippen LogP contribution < -0.4 is 4.90 Å². The van der Waals surface area contributed by atoms with Crippen LogP contribution in [0.4, 0.5) is 19.0 Å². The summed E-state index contributed by atoms with van der Waals surface area (Å²) in [6.45, 7) is 4.25. The maximum Gasteiger partial charge on any atom is 0.342 e. The number of anilines is 1. The monoisotopic (exact) mass is 406 g/mol. The molecule has 0 aliphatic carbocycles. The van der Waals surface area contributed by atoms with Gasteiger partial charge in [0.25, 0.3) is 0 Å². The molecule has 1 aliphatic heterocycles. The predicted molar refractivity (Wildman–Crippen MR) is 100 cm³/mol. The Bertz CT molecular complexity index is 902. The van der Waals surface area contributed by atoms with E-state index in [1.165, 1.54) is 0 Å². The molecule has 1 saturated heterocycles. The standard InChI is InChI=1S/C21H21F3N2O3/c1-12(2)29-21(28)15-4-3-7-25-20(15)26-8-5-13(6-9-26)19(27)18-16(23)10-14(22)11-17(18)24/h3-4,7,10-13H,5-6,8-9H2,1-2H3. The molecule has 0 atom stereocenters. The van der Waals surface area contributed by atoms with Crippen molar-refractivity contribution in [2.24, 2.45) is 5.92 Å². The Morgan fingerprint density at radius 3 is 2.34 bits per heavy atom. The van der Waals surface area contributed by atoms with Crippen LogP contribution in [-0.2, 0) is 4.74 Å². The normalized spacial score (nSPS) is 14.9. The van der Waals surface area contributed by atoms with Crippen molar-refractivity contribution in [1.82, 2.24) is 4.98 Å². The van der Waals surface area contributed by atoms with E-state index in [1.54, 1.807) is 32.2 Å².